The Labute approximate surface area is 131 Å². The minimum atomic E-state index is -0.474. The van der Waals surface area contributed by atoms with Crippen molar-refractivity contribution in [1.82, 2.24) is 9.88 Å². The second-order valence-electron chi connectivity index (χ2n) is 6.24. The zero-order valence-corrected chi connectivity index (χ0v) is 13.6. The molecule has 1 aromatic heterocycles. The maximum atomic E-state index is 12.1. The number of nitrogens with zero attached hydrogens (tertiary/aromatic N) is 3. The Morgan fingerprint density at radius 2 is 1.91 bits per heavy atom. The van der Waals surface area contributed by atoms with Crippen LogP contribution in [0.25, 0.3) is 0 Å². The third-order valence-corrected chi connectivity index (χ3v) is 3.36. The second-order valence-corrected chi connectivity index (χ2v) is 6.24. The first kappa shape index (κ1) is 16.2. The Morgan fingerprint density at radius 3 is 2.45 bits per heavy atom. The molecule has 2 N–H and O–H groups in total. The molecule has 0 atom stereocenters. The van der Waals surface area contributed by atoms with Gasteiger partial charge in [-0.2, -0.15) is 0 Å². The van der Waals surface area contributed by atoms with E-state index in [-0.39, 0.29) is 6.09 Å². The Balaban J connectivity index is 1.99. The lowest BCUT2D eigenvalue weighted by atomic mass is 10.2. The molecule has 1 aromatic rings. The van der Waals surface area contributed by atoms with E-state index in [1.165, 1.54) is 0 Å². The van der Waals surface area contributed by atoms with Crippen LogP contribution < -0.4 is 15.4 Å². The highest BCUT2D eigenvalue weighted by molar-refractivity contribution is 5.69. The molecule has 7 nitrogen and oxygen atoms in total. The molecule has 0 bridgehead atoms. The van der Waals surface area contributed by atoms with Crippen LogP contribution in [0.15, 0.2) is 12.3 Å². The number of methoxy groups -OCH3 is 1. The molecule has 22 heavy (non-hydrogen) atoms. The van der Waals surface area contributed by atoms with E-state index in [4.69, 9.17) is 15.2 Å². The summed E-state index contributed by atoms with van der Waals surface area (Å²) in [5, 5.41) is 0. The normalized spacial score (nSPS) is 15.6. The van der Waals surface area contributed by atoms with E-state index in [9.17, 15) is 4.79 Å². The van der Waals surface area contributed by atoms with E-state index in [2.05, 4.69) is 9.88 Å². The highest BCUT2D eigenvalue weighted by Gasteiger charge is 2.27. The molecule has 0 aliphatic carbocycles. The molecule has 122 valence electrons. The van der Waals surface area contributed by atoms with E-state index in [1.54, 1.807) is 24.3 Å². The van der Waals surface area contributed by atoms with Crippen LogP contribution in [0.2, 0.25) is 0 Å². The average molecular weight is 308 g/mol. The summed E-state index contributed by atoms with van der Waals surface area (Å²) >= 11 is 0. The number of carbonyl (C=O) groups is 1. The van der Waals surface area contributed by atoms with Crippen molar-refractivity contribution >= 4 is 17.6 Å². The van der Waals surface area contributed by atoms with Gasteiger partial charge in [0.05, 0.1) is 19.0 Å². The summed E-state index contributed by atoms with van der Waals surface area (Å²) in [6, 6.07) is 1.70. The lowest BCUT2D eigenvalue weighted by Gasteiger charge is -2.37. The van der Waals surface area contributed by atoms with E-state index >= 15 is 0 Å². The van der Waals surface area contributed by atoms with Crippen molar-refractivity contribution in [2.45, 2.75) is 26.4 Å². The van der Waals surface area contributed by atoms with Crippen LogP contribution in [0.1, 0.15) is 20.8 Å². The van der Waals surface area contributed by atoms with Crippen molar-refractivity contribution in [3.05, 3.63) is 12.3 Å². The first-order valence-electron chi connectivity index (χ1n) is 7.32. The quantitative estimate of drug-likeness (QED) is 0.896. The van der Waals surface area contributed by atoms with Crippen molar-refractivity contribution < 1.29 is 14.3 Å². The summed E-state index contributed by atoms with van der Waals surface area (Å²) in [4.78, 5) is 20.0. The fourth-order valence-corrected chi connectivity index (χ4v) is 2.30. The lowest BCUT2D eigenvalue weighted by Crippen LogP contribution is -2.50. The van der Waals surface area contributed by atoms with Crippen LogP contribution in [-0.2, 0) is 4.74 Å². The molecule has 1 aliphatic rings. The van der Waals surface area contributed by atoms with Crippen molar-refractivity contribution in [3.8, 4) is 5.75 Å². The molecule has 1 aliphatic heterocycles. The van der Waals surface area contributed by atoms with E-state index < -0.39 is 5.60 Å². The van der Waals surface area contributed by atoms with Crippen LogP contribution in [-0.4, -0.2) is 54.9 Å². The lowest BCUT2D eigenvalue weighted by molar-refractivity contribution is 0.0240. The summed E-state index contributed by atoms with van der Waals surface area (Å²) in [6.45, 7) is 8.19. The fourth-order valence-electron chi connectivity index (χ4n) is 2.30. The standard InChI is InChI=1S/C15H24N4O3/c1-15(2,3)22-14(20)19-7-5-18(6-8-19)11-10-17-13(16)9-12(11)21-4/h9-10H,5-8H2,1-4H3,(H2,16,17). The Hall–Kier alpha value is -2.18. The zero-order chi connectivity index (χ0) is 16.3. The van der Waals surface area contributed by atoms with Gasteiger partial charge in [0.15, 0.2) is 0 Å². The van der Waals surface area contributed by atoms with Gasteiger partial charge in [0.25, 0.3) is 0 Å². The van der Waals surface area contributed by atoms with Crippen molar-refractivity contribution in [2.75, 3.05) is 43.9 Å². The predicted octanol–water partition coefficient (Wildman–Crippen LogP) is 1.73. The molecule has 2 rings (SSSR count). The van der Waals surface area contributed by atoms with Gasteiger partial charge in [-0.15, -0.1) is 0 Å². The highest BCUT2D eigenvalue weighted by atomic mass is 16.6. The number of aromatic nitrogens is 1. The molecular weight excluding hydrogens is 284 g/mol. The van der Waals surface area contributed by atoms with Gasteiger partial charge < -0.3 is 25.0 Å². The second kappa shape index (κ2) is 6.29. The van der Waals surface area contributed by atoms with Crippen molar-refractivity contribution in [1.29, 1.82) is 0 Å². The molecule has 0 radical (unpaired) electrons. The molecule has 1 saturated heterocycles. The third-order valence-electron chi connectivity index (χ3n) is 3.36. The van der Waals surface area contributed by atoms with Gasteiger partial charge in [0, 0.05) is 32.2 Å². The van der Waals surface area contributed by atoms with E-state index in [1.807, 2.05) is 20.8 Å². The van der Waals surface area contributed by atoms with Crippen molar-refractivity contribution in [2.24, 2.45) is 0 Å². The number of amides is 1. The number of pyridine rings is 1. The number of carbonyl (C=O) groups excluding carboxylic acids is 1. The average Bonchev–Trinajstić information content (AvgIpc) is 2.45. The van der Waals surface area contributed by atoms with Gasteiger partial charge in [-0.1, -0.05) is 0 Å². The van der Waals surface area contributed by atoms with Crippen LogP contribution in [0.4, 0.5) is 16.3 Å². The highest BCUT2D eigenvalue weighted by Crippen LogP contribution is 2.29. The maximum Gasteiger partial charge on any atom is 0.410 e. The van der Waals surface area contributed by atoms with E-state index in [0.29, 0.717) is 37.7 Å². The SMILES string of the molecule is COc1cc(N)ncc1N1CCN(C(=O)OC(C)(C)C)CC1. The molecule has 0 spiro atoms. The predicted molar refractivity (Wildman–Crippen MR) is 85.2 cm³/mol. The number of nitrogen functional groups attached to an aromatic ring is 1. The van der Waals surface area contributed by atoms with Crippen LogP contribution >= 0.6 is 0 Å². The topological polar surface area (TPSA) is 80.9 Å². The van der Waals surface area contributed by atoms with Crippen LogP contribution in [0.3, 0.4) is 0 Å². The molecule has 0 unspecified atom stereocenters. The molecule has 1 fully saturated rings. The fraction of sp³-hybridized carbons (Fsp3) is 0.600. The summed E-state index contributed by atoms with van der Waals surface area (Å²) in [6.07, 6.45) is 1.44. The summed E-state index contributed by atoms with van der Waals surface area (Å²) in [7, 11) is 1.61. The third kappa shape index (κ3) is 3.93. The Bertz CT molecular complexity index is 534. The minimum Gasteiger partial charge on any atom is -0.494 e. The number of hydrogen-bond donors (Lipinski definition) is 1. The number of ether oxygens (including phenoxy) is 2. The molecule has 2 heterocycles. The Kier molecular flexibility index (Phi) is 4.63. The minimum absolute atomic E-state index is 0.269. The largest absolute Gasteiger partial charge is 0.494 e. The number of piperazine rings is 1. The number of nitrogens with two attached hydrogens (primary N) is 1. The van der Waals surface area contributed by atoms with Crippen molar-refractivity contribution in [3.63, 3.8) is 0 Å². The maximum absolute atomic E-state index is 12.1. The number of rotatable bonds is 2. The zero-order valence-electron chi connectivity index (χ0n) is 13.6. The van der Waals surface area contributed by atoms with Gasteiger partial charge in [0.2, 0.25) is 0 Å². The smallest absolute Gasteiger partial charge is 0.410 e. The first-order valence-corrected chi connectivity index (χ1v) is 7.32. The molecule has 1 amide bonds. The molecule has 7 heteroatoms. The van der Waals surface area contributed by atoms with Crippen LogP contribution in [0.5, 0.6) is 5.75 Å². The van der Waals surface area contributed by atoms with Gasteiger partial charge >= 0.3 is 6.09 Å². The first-order chi connectivity index (χ1) is 10.3. The Morgan fingerprint density at radius 1 is 1.27 bits per heavy atom. The van der Waals surface area contributed by atoms with Gasteiger partial charge in [-0.05, 0) is 20.8 Å². The van der Waals surface area contributed by atoms with Gasteiger partial charge in [-0.3, -0.25) is 0 Å². The molecule has 0 aromatic carbocycles. The van der Waals surface area contributed by atoms with Gasteiger partial charge in [-0.25, -0.2) is 9.78 Å². The van der Waals surface area contributed by atoms with Gasteiger partial charge in [0.1, 0.15) is 17.2 Å². The van der Waals surface area contributed by atoms with E-state index in [0.717, 1.165) is 5.69 Å². The summed E-state index contributed by atoms with van der Waals surface area (Å²) < 4.78 is 10.7. The van der Waals surface area contributed by atoms with Crippen LogP contribution in [0, 0.1) is 0 Å². The summed E-state index contributed by atoms with van der Waals surface area (Å²) in [5.41, 5.74) is 6.09. The number of anilines is 2. The number of hydrogen-bond acceptors (Lipinski definition) is 6. The monoisotopic (exact) mass is 308 g/mol. The molecular formula is C15H24N4O3. The molecule has 0 saturated carbocycles. The summed E-state index contributed by atoms with van der Waals surface area (Å²) in [5.74, 6) is 1.12.